The van der Waals surface area contributed by atoms with E-state index in [0.29, 0.717) is 10.8 Å². The minimum atomic E-state index is -0.00964. The van der Waals surface area contributed by atoms with Gasteiger partial charge in [0.1, 0.15) is 0 Å². The van der Waals surface area contributed by atoms with E-state index in [9.17, 15) is 5.11 Å². The molecule has 7 atom stereocenters. The molecule has 0 aromatic heterocycles. The van der Waals surface area contributed by atoms with Crippen molar-refractivity contribution in [3.05, 3.63) is 11.6 Å². The lowest BCUT2D eigenvalue weighted by Crippen LogP contribution is -2.53. The molecule has 4 aliphatic rings. The van der Waals surface area contributed by atoms with Gasteiger partial charge < -0.3 is 5.11 Å². The third-order valence-corrected chi connectivity index (χ3v) is 8.83. The maximum Gasteiger partial charge on any atom is 0.0543 e. The minimum absolute atomic E-state index is 0.00964. The molecule has 0 radical (unpaired) electrons. The van der Waals surface area contributed by atoms with Crippen molar-refractivity contribution in [2.45, 2.75) is 84.7 Å². The second kappa shape index (κ2) is 5.10. The second-order valence-electron chi connectivity index (χ2n) is 9.39. The highest BCUT2D eigenvalue weighted by atomic mass is 16.3. The first-order valence-electron chi connectivity index (χ1n) is 9.83. The summed E-state index contributed by atoms with van der Waals surface area (Å²) < 4.78 is 0. The number of fused-ring (bicyclic) bond motifs is 5. The topological polar surface area (TPSA) is 20.2 Å². The standard InChI is InChI=1S/C21H34O/c1-4-14-6-8-18-17-7-5-15-13-16(22)9-11-21(15,3)19(17)10-12-20(14,18)2/h4,15-19,22H,5-13H2,1-3H3/b14-4+/t15-,16-,17+,18+,19+,20-,21+/m1/s1. The number of hydrogen-bond acceptors (Lipinski definition) is 1. The van der Waals surface area contributed by atoms with Crippen molar-refractivity contribution in [3.8, 4) is 0 Å². The summed E-state index contributed by atoms with van der Waals surface area (Å²) in [5, 5.41) is 10.1. The van der Waals surface area contributed by atoms with E-state index in [-0.39, 0.29) is 6.10 Å². The van der Waals surface area contributed by atoms with Crippen molar-refractivity contribution in [3.63, 3.8) is 0 Å². The summed E-state index contributed by atoms with van der Waals surface area (Å²) in [6, 6.07) is 0. The van der Waals surface area contributed by atoms with Gasteiger partial charge in [0.25, 0.3) is 0 Å². The van der Waals surface area contributed by atoms with Crippen molar-refractivity contribution < 1.29 is 5.11 Å². The highest BCUT2D eigenvalue weighted by Gasteiger charge is 2.58. The Morgan fingerprint density at radius 1 is 1.00 bits per heavy atom. The average Bonchev–Trinajstić information content (AvgIpc) is 2.84. The van der Waals surface area contributed by atoms with Crippen LogP contribution in [0.1, 0.15) is 78.6 Å². The van der Waals surface area contributed by atoms with Crippen LogP contribution < -0.4 is 0 Å². The van der Waals surface area contributed by atoms with Crippen LogP contribution in [0.15, 0.2) is 11.6 Å². The molecule has 1 N–H and O–H groups in total. The predicted molar refractivity (Wildman–Crippen MR) is 91.5 cm³/mol. The van der Waals surface area contributed by atoms with Gasteiger partial charge in [-0.1, -0.05) is 25.5 Å². The Kier molecular flexibility index (Phi) is 3.53. The van der Waals surface area contributed by atoms with Gasteiger partial charge in [0.05, 0.1) is 6.10 Å². The average molecular weight is 303 g/mol. The van der Waals surface area contributed by atoms with Crippen LogP contribution in [-0.2, 0) is 0 Å². The van der Waals surface area contributed by atoms with Crippen molar-refractivity contribution in [2.24, 2.45) is 34.5 Å². The van der Waals surface area contributed by atoms with E-state index in [0.717, 1.165) is 36.5 Å². The van der Waals surface area contributed by atoms with E-state index >= 15 is 0 Å². The highest BCUT2D eigenvalue weighted by Crippen LogP contribution is 2.67. The smallest absolute Gasteiger partial charge is 0.0543 e. The summed E-state index contributed by atoms with van der Waals surface area (Å²) in [5.41, 5.74) is 2.82. The Morgan fingerprint density at radius 3 is 2.59 bits per heavy atom. The molecule has 1 heteroatoms. The maximum atomic E-state index is 10.1. The Hall–Kier alpha value is -0.300. The van der Waals surface area contributed by atoms with Crippen LogP contribution in [0.4, 0.5) is 0 Å². The third kappa shape index (κ3) is 1.93. The van der Waals surface area contributed by atoms with Crippen LogP contribution in [0.2, 0.25) is 0 Å². The predicted octanol–water partition coefficient (Wildman–Crippen LogP) is 5.34. The Morgan fingerprint density at radius 2 is 1.82 bits per heavy atom. The lowest BCUT2D eigenvalue weighted by atomic mass is 9.45. The number of hydrogen-bond donors (Lipinski definition) is 1. The van der Waals surface area contributed by atoms with Gasteiger partial charge in [-0.25, -0.2) is 0 Å². The summed E-state index contributed by atoms with van der Waals surface area (Å²) in [4.78, 5) is 0. The monoisotopic (exact) mass is 302 g/mol. The van der Waals surface area contributed by atoms with Gasteiger partial charge in [-0.05, 0) is 99.2 Å². The molecular weight excluding hydrogens is 268 g/mol. The summed E-state index contributed by atoms with van der Waals surface area (Å²) >= 11 is 0. The van der Waals surface area contributed by atoms with Crippen molar-refractivity contribution in [1.82, 2.24) is 0 Å². The number of aliphatic hydroxyl groups is 1. The molecule has 124 valence electrons. The largest absolute Gasteiger partial charge is 0.393 e. The summed E-state index contributed by atoms with van der Waals surface area (Å²) in [6.45, 7) is 7.43. The van der Waals surface area contributed by atoms with Gasteiger partial charge >= 0.3 is 0 Å². The van der Waals surface area contributed by atoms with Crippen LogP contribution in [0.5, 0.6) is 0 Å². The lowest BCUT2D eigenvalue weighted by molar-refractivity contribution is -0.116. The fourth-order valence-electron chi connectivity index (χ4n) is 7.56. The van der Waals surface area contributed by atoms with Gasteiger partial charge in [0.2, 0.25) is 0 Å². The molecule has 0 aliphatic heterocycles. The molecule has 0 saturated heterocycles. The first kappa shape index (κ1) is 15.2. The van der Waals surface area contributed by atoms with E-state index in [2.05, 4.69) is 26.8 Å². The van der Waals surface area contributed by atoms with Crippen LogP contribution in [-0.4, -0.2) is 11.2 Å². The van der Waals surface area contributed by atoms with Crippen molar-refractivity contribution >= 4 is 0 Å². The lowest BCUT2D eigenvalue weighted by Gasteiger charge is -2.60. The minimum Gasteiger partial charge on any atom is -0.393 e. The van der Waals surface area contributed by atoms with Gasteiger partial charge in [0, 0.05) is 0 Å². The Bertz CT molecular complexity index is 480. The zero-order valence-corrected chi connectivity index (χ0v) is 14.8. The normalized spacial score (nSPS) is 56.4. The molecule has 4 rings (SSSR count). The molecular formula is C21H34O. The molecule has 1 nitrogen and oxygen atoms in total. The van der Waals surface area contributed by atoms with Gasteiger partial charge in [0.15, 0.2) is 0 Å². The summed E-state index contributed by atoms with van der Waals surface area (Å²) in [5.74, 6) is 3.65. The number of rotatable bonds is 0. The van der Waals surface area contributed by atoms with E-state index < -0.39 is 0 Å². The van der Waals surface area contributed by atoms with E-state index in [4.69, 9.17) is 0 Å². The van der Waals surface area contributed by atoms with Crippen LogP contribution in [0.3, 0.4) is 0 Å². The molecule has 0 amide bonds. The Labute approximate surface area is 136 Å². The molecule has 0 aromatic rings. The second-order valence-corrected chi connectivity index (χ2v) is 9.39. The van der Waals surface area contributed by atoms with Crippen LogP contribution in [0, 0.1) is 34.5 Å². The number of aliphatic hydroxyl groups excluding tert-OH is 1. The number of allylic oxidation sites excluding steroid dienone is 2. The molecule has 22 heavy (non-hydrogen) atoms. The van der Waals surface area contributed by atoms with E-state index in [1.807, 2.05) is 0 Å². The van der Waals surface area contributed by atoms with E-state index in [1.54, 1.807) is 5.57 Å². The molecule has 0 heterocycles. The fraction of sp³-hybridized carbons (Fsp3) is 0.905. The van der Waals surface area contributed by atoms with Gasteiger partial charge in [-0.3, -0.25) is 0 Å². The van der Waals surface area contributed by atoms with Crippen molar-refractivity contribution in [2.75, 3.05) is 0 Å². The summed E-state index contributed by atoms with van der Waals surface area (Å²) in [6.07, 6.45) is 14.3. The molecule has 4 fully saturated rings. The fourth-order valence-corrected chi connectivity index (χ4v) is 7.56. The highest BCUT2D eigenvalue weighted by molar-refractivity contribution is 5.23. The van der Waals surface area contributed by atoms with Crippen LogP contribution >= 0.6 is 0 Å². The zero-order valence-electron chi connectivity index (χ0n) is 14.8. The first-order valence-corrected chi connectivity index (χ1v) is 9.83. The third-order valence-electron chi connectivity index (χ3n) is 8.83. The molecule has 0 spiro atoms. The Balaban J connectivity index is 1.63. The van der Waals surface area contributed by atoms with Gasteiger partial charge in [-0.15, -0.1) is 0 Å². The first-order chi connectivity index (χ1) is 10.5. The molecule has 0 bridgehead atoms. The molecule has 4 saturated carbocycles. The van der Waals surface area contributed by atoms with Crippen LogP contribution in [0.25, 0.3) is 0 Å². The molecule has 0 unspecified atom stereocenters. The summed E-state index contributed by atoms with van der Waals surface area (Å²) in [7, 11) is 0. The van der Waals surface area contributed by atoms with E-state index in [1.165, 1.54) is 44.9 Å². The quantitative estimate of drug-likeness (QED) is 0.599. The maximum absolute atomic E-state index is 10.1. The zero-order chi connectivity index (χ0) is 15.5. The van der Waals surface area contributed by atoms with Gasteiger partial charge in [-0.2, -0.15) is 0 Å². The van der Waals surface area contributed by atoms with Crippen molar-refractivity contribution in [1.29, 1.82) is 0 Å². The SMILES string of the molecule is C/C=C1\CC[C@H]2[C@@H]3CC[C@@H]4C[C@H](O)CC[C@]4(C)[C@H]3CC[C@]12C. The molecule has 0 aromatic carbocycles. The molecule has 4 aliphatic carbocycles.